The van der Waals surface area contributed by atoms with Crippen LogP contribution in [0.4, 0.5) is 5.69 Å². The Morgan fingerprint density at radius 1 is 1.04 bits per heavy atom. The molecule has 0 aromatic heterocycles. The van der Waals surface area contributed by atoms with Gasteiger partial charge in [-0.2, -0.15) is 0 Å². The first kappa shape index (κ1) is 19.3. The lowest BCUT2D eigenvalue weighted by molar-refractivity contribution is 0.190. The summed E-state index contributed by atoms with van der Waals surface area (Å²) in [4.78, 5) is 0. The lowest BCUT2D eigenvalue weighted by Gasteiger charge is -2.29. The number of methoxy groups -OCH3 is 1. The van der Waals surface area contributed by atoms with Crippen molar-refractivity contribution < 1.29 is 9.84 Å². The van der Waals surface area contributed by atoms with Crippen molar-refractivity contribution in [1.29, 1.82) is 0 Å². The smallest absolute Gasteiger partial charge is 0.124 e. The molecule has 0 saturated heterocycles. The Morgan fingerprint density at radius 3 is 2.44 bits per heavy atom. The van der Waals surface area contributed by atoms with E-state index < -0.39 is 0 Å². The fraction of sp³-hybridized carbons (Fsp3) is 0.455. The van der Waals surface area contributed by atoms with Gasteiger partial charge in [0.25, 0.3) is 0 Å². The van der Waals surface area contributed by atoms with Crippen molar-refractivity contribution in [3.05, 3.63) is 59.7 Å². The number of hydrogen-bond donors (Lipinski definition) is 2. The highest BCUT2D eigenvalue weighted by molar-refractivity contribution is 5.56. The highest BCUT2D eigenvalue weighted by atomic mass is 16.5. The lowest BCUT2D eigenvalue weighted by atomic mass is 9.78. The van der Waals surface area contributed by atoms with Crippen LogP contribution < -0.4 is 10.5 Å². The highest BCUT2D eigenvalue weighted by Gasteiger charge is 2.27. The highest BCUT2D eigenvalue weighted by Crippen LogP contribution is 2.40. The van der Waals surface area contributed by atoms with Gasteiger partial charge in [-0.3, -0.25) is 0 Å². The second-order valence-corrected chi connectivity index (χ2v) is 6.70. The summed E-state index contributed by atoms with van der Waals surface area (Å²) in [5, 5.41) is 10.1. The molecule has 3 heteroatoms. The Labute approximate surface area is 151 Å². The molecule has 2 rings (SSSR count). The number of unbranched alkanes of at least 4 members (excludes halogenated alkanes) is 2. The summed E-state index contributed by atoms with van der Waals surface area (Å²) in [6.45, 7) is 2.37. The Bertz CT molecular complexity index is 627. The van der Waals surface area contributed by atoms with E-state index in [0.29, 0.717) is 0 Å². The molecule has 2 aromatic carbocycles. The fourth-order valence-corrected chi connectivity index (χ4v) is 3.58. The number of nitrogens with two attached hydrogens (primary N) is 1. The first-order valence-electron chi connectivity index (χ1n) is 9.28. The van der Waals surface area contributed by atoms with Gasteiger partial charge in [0, 0.05) is 17.9 Å². The topological polar surface area (TPSA) is 55.5 Å². The monoisotopic (exact) mass is 341 g/mol. The number of rotatable bonds is 10. The molecule has 0 saturated carbocycles. The first-order chi connectivity index (χ1) is 12.2. The lowest BCUT2D eigenvalue weighted by Crippen LogP contribution is -2.21. The van der Waals surface area contributed by atoms with Crippen LogP contribution in [0.15, 0.2) is 48.5 Å². The van der Waals surface area contributed by atoms with Gasteiger partial charge in [-0.25, -0.2) is 0 Å². The SMILES string of the molecule is CCCCCC(CO)C(Cc1ccccc1)c1c(N)cccc1OC. The third-order valence-electron chi connectivity index (χ3n) is 4.97. The molecule has 0 spiro atoms. The maximum atomic E-state index is 10.1. The van der Waals surface area contributed by atoms with E-state index in [1.165, 1.54) is 18.4 Å². The number of aliphatic hydroxyl groups excluding tert-OH is 1. The summed E-state index contributed by atoms with van der Waals surface area (Å²) < 4.78 is 5.60. The molecule has 2 unspecified atom stereocenters. The third kappa shape index (κ3) is 5.23. The maximum Gasteiger partial charge on any atom is 0.124 e. The van der Waals surface area contributed by atoms with E-state index in [9.17, 15) is 5.11 Å². The molecule has 0 aliphatic rings. The van der Waals surface area contributed by atoms with Gasteiger partial charge in [-0.05, 0) is 42.4 Å². The van der Waals surface area contributed by atoms with Gasteiger partial charge in [0.2, 0.25) is 0 Å². The first-order valence-corrected chi connectivity index (χ1v) is 9.28. The molecule has 0 bridgehead atoms. The minimum Gasteiger partial charge on any atom is -0.496 e. The predicted molar refractivity (Wildman–Crippen MR) is 105 cm³/mol. The van der Waals surface area contributed by atoms with Crippen LogP contribution in [0.5, 0.6) is 5.75 Å². The van der Waals surface area contributed by atoms with Crippen molar-refractivity contribution in [3.8, 4) is 5.75 Å². The second-order valence-electron chi connectivity index (χ2n) is 6.70. The number of anilines is 1. The van der Waals surface area contributed by atoms with Gasteiger partial charge in [0.15, 0.2) is 0 Å². The van der Waals surface area contributed by atoms with Gasteiger partial charge in [-0.1, -0.05) is 62.6 Å². The molecule has 0 aliphatic carbocycles. The van der Waals surface area contributed by atoms with Crippen LogP contribution in [-0.4, -0.2) is 18.8 Å². The van der Waals surface area contributed by atoms with Crippen LogP contribution in [0.3, 0.4) is 0 Å². The van der Waals surface area contributed by atoms with Crippen LogP contribution in [0, 0.1) is 5.92 Å². The average Bonchev–Trinajstić information content (AvgIpc) is 2.64. The molecule has 25 heavy (non-hydrogen) atoms. The van der Waals surface area contributed by atoms with Crippen LogP contribution in [0.25, 0.3) is 0 Å². The van der Waals surface area contributed by atoms with Gasteiger partial charge in [-0.15, -0.1) is 0 Å². The minimum absolute atomic E-state index is 0.139. The molecule has 3 N–H and O–H groups in total. The van der Waals surface area contributed by atoms with E-state index in [4.69, 9.17) is 10.5 Å². The molecule has 0 fully saturated rings. The quantitative estimate of drug-likeness (QED) is 0.482. The van der Waals surface area contributed by atoms with E-state index in [2.05, 4.69) is 31.2 Å². The predicted octanol–water partition coefficient (Wildman–Crippen LogP) is 4.79. The van der Waals surface area contributed by atoms with Crippen LogP contribution in [-0.2, 0) is 6.42 Å². The zero-order chi connectivity index (χ0) is 18.1. The van der Waals surface area contributed by atoms with Gasteiger partial charge in [0.1, 0.15) is 5.75 Å². The molecular weight excluding hydrogens is 310 g/mol. The van der Waals surface area contributed by atoms with Crippen LogP contribution in [0.2, 0.25) is 0 Å². The maximum absolute atomic E-state index is 10.1. The summed E-state index contributed by atoms with van der Waals surface area (Å²) in [6.07, 6.45) is 5.35. The molecule has 136 valence electrons. The number of hydrogen-bond acceptors (Lipinski definition) is 3. The average molecular weight is 341 g/mol. The van der Waals surface area contributed by atoms with E-state index in [-0.39, 0.29) is 18.4 Å². The standard InChI is InChI=1S/C22H31NO2/c1-3-4-6-12-18(16-24)19(15-17-10-7-5-8-11-17)22-20(23)13-9-14-21(22)25-2/h5,7-11,13-14,18-19,24H,3-4,6,12,15-16,23H2,1-2H3. The summed E-state index contributed by atoms with van der Waals surface area (Å²) in [5.74, 6) is 1.13. The number of ether oxygens (including phenoxy) is 1. The van der Waals surface area contributed by atoms with Gasteiger partial charge < -0.3 is 15.6 Å². The molecule has 0 amide bonds. The van der Waals surface area contributed by atoms with Crippen molar-refractivity contribution in [3.63, 3.8) is 0 Å². The number of nitrogen functional groups attached to an aromatic ring is 1. The second kappa shape index (κ2) is 10.1. The van der Waals surface area contributed by atoms with E-state index in [0.717, 1.165) is 36.3 Å². The van der Waals surface area contributed by atoms with Gasteiger partial charge in [0.05, 0.1) is 7.11 Å². The molecule has 2 aromatic rings. The Balaban J connectivity index is 2.37. The van der Waals surface area contributed by atoms with Crippen molar-refractivity contribution in [1.82, 2.24) is 0 Å². The summed E-state index contributed by atoms with van der Waals surface area (Å²) >= 11 is 0. The fourth-order valence-electron chi connectivity index (χ4n) is 3.58. The molecule has 2 atom stereocenters. The molecule has 3 nitrogen and oxygen atoms in total. The third-order valence-corrected chi connectivity index (χ3v) is 4.97. The van der Waals surface area contributed by atoms with E-state index in [1.54, 1.807) is 7.11 Å². The molecule has 0 aliphatic heterocycles. The Hall–Kier alpha value is -2.00. The largest absolute Gasteiger partial charge is 0.496 e. The van der Waals surface area contributed by atoms with Crippen LogP contribution in [0.1, 0.15) is 49.7 Å². The zero-order valence-corrected chi connectivity index (χ0v) is 15.4. The van der Waals surface area contributed by atoms with E-state index >= 15 is 0 Å². The van der Waals surface area contributed by atoms with Crippen molar-refractivity contribution >= 4 is 5.69 Å². The summed E-state index contributed by atoms with van der Waals surface area (Å²) in [7, 11) is 1.68. The number of aliphatic hydroxyl groups is 1. The minimum atomic E-state index is 0.139. The van der Waals surface area contributed by atoms with Gasteiger partial charge >= 0.3 is 0 Å². The summed E-state index contributed by atoms with van der Waals surface area (Å²) in [6, 6.07) is 16.2. The Kier molecular flexibility index (Phi) is 7.80. The normalized spacial score (nSPS) is 13.4. The molecular formula is C22H31NO2. The Morgan fingerprint density at radius 2 is 1.80 bits per heavy atom. The summed E-state index contributed by atoms with van der Waals surface area (Å²) in [5.41, 5.74) is 9.37. The zero-order valence-electron chi connectivity index (χ0n) is 15.4. The van der Waals surface area contributed by atoms with Crippen molar-refractivity contribution in [2.24, 2.45) is 5.92 Å². The van der Waals surface area contributed by atoms with E-state index in [1.807, 2.05) is 24.3 Å². The van der Waals surface area contributed by atoms with Crippen LogP contribution >= 0.6 is 0 Å². The van der Waals surface area contributed by atoms with Crippen molar-refractivity contribution in [2.45, 2.75) is 44.9 Å². The van der Waals surface area contributed by atoms with Crippen molar-refractivity contribution in [2.75, 3.05) is 19.5 Å². The number of benzene rings is 2. The molecule has 0 heterocycles. The molecule has 0 radical (unpaired) electrons.